The third-order valence-electron chi connectivity index (χ3n) is 2.10. The molecule has 0 saturated carbocycles. The van der Waals surface area contributed by atoms with E-state index in [1.807, 2.05) is 0 Å². The number of carbonyl (C=O) groups is 1. The Morgan fingerprint density at radius 2 is 1.84 bits per heavy atom. The van der Waals surface area contributed by atoms with Crippen LogP contribution < -0.4 is 14.6 Å². The summed E-state index contributed by atoms with van der Waals surface area (Å²) in [6.45, 7) is -0.154. The molecule has 0 aliphatic carbocycles. The second kappa shape index (κ2) is 7.55. The quantitative estimate of drug-likeness (QED) is 0.406. The molecule has 4 N–H and O–H groups in total. The summed E-state index contributed by atoms with van der Waals surface area (Å²) in [6.07, 6.45) is 0. The first-order valence-electron chi connectivity index (χ1n) is 4.80. The fourth-order valence-electron chi connectivity index (χ4n) is 1.41. The van der Waals surface area contributed by atoms with E-state index in [0.717, 1.165) is 0 Å². The SMILES string of the molecule is COc1ccc(OP(O)O)c(COC=O)c1P(O)O. The van der Waals surface area contributed by atoms with Gasteiger partial charge in [-0.1, -0.05) is 0 Å². The van der Waals surface area contributed by atoms with Crippen LogP contribution in [-0.4, -0.2) is 33.2 Å². The maximum atomic E-state index is 10.2. The van der Waals surface area contributed by atoms with Crippen LogP contribution in [0.5, 0.6) is 11.5 Å². The number of methoxy groups -OCH3 is 1. The maximum absolute atomic E-state index is 10.2. The Balaban J connectivity index is 3.30. The molecule has 0 saturated heterocycles. The molecule has 1 aromatic rings. The number of ether oxygens (including phenoxy) is 2. The summed E-state index contributed by atoms with van der Waals surface area (Å²) in [7, 11) is -3.93. The van der Waals surface area contributed by atoms with Crippen LogP contribution in [-0.2, 0) is 16.1 Å². The lowest BCUT2D eigenvalue weighted by Gasteiger charge is -2.18. The Hall–Kier alpha value is -1.01. The van der Waals surface area contributed by atoms with Crippen LogP contribution in [0.1, 0.15) is 5.56 Å². The van der Waals surface area contributed by atoms with E-state index in [-0.39, 0.29) is 35.4 Å². The van der Waals surface area contributed by atoms with Crippen LogP contribution in [0.4, 0.5) is 0 Å². The summed E-state index contributed by atoms with van der Waals surface area (Å²) in [5.74, 6) is 0.123. The van der Waals surface area contributed by atoms with Gasteiger partial charge in [-0.3, -0.25) is 4.79 Å². The Bertz CT molecular complexity index is 436. The van der Waals surface area contributed by atoms with Crippen molar-refractivity contribution in [3.63, 3.8) is 0 Å². The maximum Gasteiger partial charge on any atom is 0.391 e. The van der Waals surface area contributed by atoms with Gasteiger partial charge in [0, 0.05) is 5.56 Å². The zero-order valence-corrected chi connectivity index (χ0v) is 11.5. The monoisotopic (exact) mass is 310 g/mol. The molecule has 0 fully saturated rings. The molecule has 8 nitrogen and oxygen atoms in total. The molecule has 0 radical (unpaired) electrons. The largest absolute Gasteiger partial charge is 0.496 e. The van der Waals surface area contributed by atoms with Gasteiger partial charge in [0.15, 0.2) is 0 Å². The summed E-state index contributed by atoms with van der Waals surface area (Å²) in [5, 5.41) is -0.0197. The molecule has 0 unspecified atom stereocenters. The van der Waals surface area contributed by atoms with Crippen molar-refractivity contribution in [2.75, 3.05) is 7.11 Å². The van der Waals surface area contributed by atoms with E-state index in [0.29, 0.717) is 0 Å². The molecule has 1 rings (SSSR count). The third-order valence-corrected chi connectivity index (χ3v) is 3.35. The van der Waals surface area contributed by atoms with Gasteiger partial charge in [-0.25, -0.2) is 0 Å². The first kappa shape index (κ1) is 16.0. The lowest BCUT2D eigenvalue weighted by atomic mass is 10.2. The topological polar surface area (TPSA) is 126 Å². The van der Waals surface area contributed by atoms with E-state index in [4.69, 9.17) is 19.0 Å². The van der Waals surface area contributed by atoms with E-state index in [9.17, 15) is 14.6 Å². The summed E-state index contributed by atoms with van der Waals surface area (Å²) >= 11 is 0. The molecule has 0 amide bonds. The molecule has 10 heteroatoms. The van der Waals surface area contributed by atoms with Crippen molar-refractivity contribution in [3.8, 4) is 11.5 Å². The Morgan fingerprint density at radius 3 is 2.32 bits per heavy atom. The highest BCUT2D eigenvalue weighted by molar-refractivity contribution is 7.54. The molecular formula is C9H12O8P2. The highest BCUT2D eigenvalue weighted by Gasteiger charge is 2.23. The molecule has 106 valence electrons. The van der Waals surface area contributed by atoms with Gasteiger partial charge in [0.2, 0.25) is 8.38 Å². The highest BCUT2D eigenvalue weighted by atomic mass is 31.2. The fourth-order valence-corrected chi connectivity index (χ4v) is 2.54. The molecule has 0 spiro atoms. The van der Waals surface area contributed by atoms with Gasteiger partial charge in [0.25, 0.3) is 6.47 Å². The molecule has 0 heterocycles. The van der Waals surface area contributed by atoms with Gasteiger partial charge >= 0.3 is 8.60 Å². The highest BCUT2D eigenvalue weighted by Crippen LogP contribution is 2.38. The van der Waals surface area contributed by atoms with E-state index in [1.165, 1.54) is 19.2 Å². The lowest BCUT2D eigenvalue weighted by molar-refractivity contribution is -0.129. The molecule has 0 atom stereocenters. The molecular weight excluding hydrogens is 298 g/mol. The molecule has 0 bridgehead atoms. The minimum atomic E-state index is -2.69. The summed E-state index contributed by atoms with van der Waals surface area (Å²) in [5.41, 5.74) is 0.0955. The number of hydrogen-bond donors (Lipinski definition) is 4. The molecule has 1 aromatic carbocycles. The second-order valence-electron chi connectivity index (χ2n) is 3.13. The smallest absolute Gasteiger partial charge is 0.391 e. The molecule has 0 aromatic heterocycles. The van der Waals surface area contributed by atoms with Gasteiger partial charge in [0.1, 0.15) is 18.1 Å². The van der Waals surface area contributed by atoms with Gasteiger partial charge in [-0.15, -0.1) is 0 Å². The van der Waals surface area contributed by atoms with Crippen molar-refractivity contribution in [3.05, 3.63) is 17.7 Å². The number of carbonyl (C=O) groups excluding carboxylic acids is 1. The van der Waals surface area contributed by atoms with Crippen LogP contribution in [0.2, 0.25) is 0 Å². The average Bonchev–Trinajstić information content (AvgIpc) is 2.35. The van der Waals surface area contributed by atoms with Crippen molar-refractivity contribution in [1.29, 1.82) is 0 Å². The van der Waals surface area contributed by atoms with Gasteiger partial charge < -0.3 is 33.6 Å². The lowest BCUT2D eigenvalue weighted by Crippen LogP contribution is -2.14. The zero-order valence-electron chi connectivity index (χ0n) is 9.76. The van der Waals surface area contributed by atoms with E-state index in [2.05, 4.69) is 4.74 Å². The summed E-state index contributed by atoms with van der Waals surface area (Å²) < 4.78 is 14.3. The van der Waals surface area contributed by atoms with Crippen molar-refractivity contribution < 1.29 is 38.4 Å². The number of benzene rings is 1. The summed E-state index contributed by atoms with van der Waals surface area (Å²) in [6, 6.07) is 2.71. The Morgan fingerprint density at radius 1 is 1.21 bits per heavy atom. The van der Waals surface area contributed by atoms with Crippen molar-refractivity contribution in [1.82, 2.24) is 0 Å². The van der Waals surface area contributed by atoms with E-state index >= 15 is 0 Å². The molecule has 19 heavy (non-hydrogen) atoms. The fraction of sp³-hybridized carbons (Fsp3) is 0.222. The number of hydrogen-bond acceptors (Lipinski definition) is 8. The predicted octanol–water partition coefficient (Wildman–Crippen LogP) is -0.120. The average molecular weight is 310 g/mol. The van der Waals surface area contributed by atoms with Crippen LogP contribution in [0.15, 0.2) is 12.1 Å². The first-order valence-corrected chi connectivity index (χ1v) is 7.21. The minimum Gasteiger partial charge on any atom is -0.496 e. The standard InChI is InChI=1S/C9H12O8P2/c1-15-8-3-2-7(17-19(13)14)6(4-16-5-10)9(8)18(11)12/h2-3,5,11-14H,4H2,1H3. The molecule has 0 aliphatic rings. The van der Waals surface area contributed by atoms with Crippen molar-refractivity contribution in [2.45, 2.75) is 6.61 Å². The summed E-state index contributed by atoms with van der Waals surface area (Å²) in [4.78, 5) is 46.7. The normalized spacial score (nSPS) is 10.7. The number of rotatable bonds is 7. The second-order valence-corrected chi connectivity index (χ2v) is 4.85. The van der Waals surface area contributed by atoms with Crippen molar-refractivity contribution in [2.24, 2.45) is 0 Å². The van der Waals surface area contributed by atoms with E-state index in [1.54, 1.807) is 0 Å². The zero-order chi connectivity index (χ0) is 14.4. The van der Waals surface area contributed by atoms with Gasteiger partial charge in [0.05, 0.1) is 12.4 Å². The Kier molecular flexibility index (Phi) is 6.37. The Labute approximate surface area is 111 Å². The van der Waals surface area contributed by atoms with Crippen LogP contribution in [0.25, 0.3) is 0 Å². The van der Waals surface area contributed by atoms with Crippen LogP contribution in [0.3, 0.4) is 0 Å². The van der Waals surface area contributed by atoms with Crippen molar-refractivity contribution >= 4 is 28.8 Å². The third kappa shape index (κ3) is 4.24. The van der Waals surface area contributed by atoms with Gasteiger partial charge in [-0.05, 0) is 12.1 Å². The first-order chi connectivity index (χ1) is 9.01. The van der Waals surface area contributed by atoms with Crippen LogP contribution >= 0.6 is 17.0 Å². The van der Waals surface area contributed by atoms with E-state index < -0.39 is 17.0 Å². The van der Waals surface area contributed by atoms with Crippen LogP contribution in [0, 0.1) is 0 Å². The van der Waals surface area contributed by atoms with Gasteiger partial charge in [-0.2, -0.15) is 0 Å². The minimum absolute atomic E-state index is 0.0197. The molecule has 0 aliphatic heterocycles. The predicted molar refractivity (Wildman–Crippen MR) is 66.8 cm³/mol.